The Morgan fingerprint density at radius 3 is 2.86 bits per heavy atom. The number of rotatable bonds is 6. The molecule has 1 N–H and O–H groups in total. The molecule has 0 spiro atoms. The number of carbonyl (C=O) groups excluding carboxylic acids is 1. The van der Waals surface area contributed by atoms with E-state index in [1.807, 2.05) is 0 Å². The van der Waals surface area contributed by atoms with Crippen LogP contribution in [-0.4, -0.2) is 55.1 Å². The highest BCUT2D eigenvalue weighted by Gasteiger charge is 2.32. The molecule has 2 aromatic rings. The van der Waals surface area contributed by atoms with E-state index in [9.17, 15) is 17.6 Å². The molecule has 0 bridgehead atoms. The van der Waals surface area contributed by atoms with Crippen LogP contribution in [0.25, 0.3) is 10.6 Å². The molecule has 1 aliphatic rings. The first-order valence-corrected chi connectivity index (χ1v) is 11.4. The number of nitrogens with zero attached hydrogens (tertiary/aromatic N) is 3. The van der Waals surface area contributed by atoms with Crippen LogP contribution in [0.5, 0.6) is 0 Å². The number of cyclic esters (lactones) is 1. The second kappa shape index (κ2) is 8.05. The summed E-state index contributed by atoms with van der Waals surface area (Å²) in [6, 6.07) is 4.28. The van der Waals surface area contributed by atoms with E-state index in [1.165, 1.54) is 17.0 Å². The van der Waals surface area contributed by atoms with Crippen LogP contribution in [0.4, 0.5) is 14.9 Å². The zero-order chi connectivity index (χ0) is 20.5. The molecule has 8 nitrogen and oxygen atoms in total. The van der Waals surface area contributed by atoms with Gasteiger partial charge >= 0.3 is 6.09 Å². The van der Waals surface area contributed by atoms with E-state index in [0.717, 1.165) is 17.6 Å². The lowest BCUT2D eigenvalue weighted by Gasteiger charge is -2.14. The summed E-state index contributed by atoms with van der Waals surface area (Å²) < 4.78 is 42.6. The van der Waals surface area contributed by atoms with E-state index in [4.69, 9.17) is 17.0 Å². The molecule has 1 fully saturated rings. The van der Waals surface area contributed by atoms with Crippen LogP contribution < -0.4 is 10.2 Å². The third kappa shape index (κ3) is 5.00. The molecule has 3 rings (SSSR count). The fraction of sp³-hybridized carbons (Fsp3) is 0.375. The maximum atomic E-state index is 14.6. The van der Waals surface area contributed by atoms with Crippen molar-refractivity contribution in [1.82, 2.24) is 15.5 Å². The third-order valence-electron chi connectivity index (χ3n) is 3.80. The van der Waals surface area contributed by atoms with Gasteiger partial charge in [-0.15, -0.1) is 10.2 Å². The molecule has 0 saturated carbocycles. The summed E-state index contributed by atoms with van der Waals surface area (Å²) in [5, 5.41) is 11.2. The predicted octanol–water partition coefficient (Wildman–Crippen LogP) is 2.15. The summed E-state index contributed by atoms with van der Waals surface area (Å²) in [6.45, 7) is 2.38. The second-order valence-corrected chi connectivity index (χ2v) is 10.1. The van der Waals surface area contributed by atoms with Gasteiger partial charge in [-0.3, -0.25) is 4.90 Å². The van der Waals surface area contributed by atoms with E-state index >= 15 is 0 Å². The number of hydrogen-bond acceptors (Lipinski definition) is 8. The van der Waals surface area contributed by atoms with Gasteiger partial charge in [0.15, 0.2) is 14.8 Å². The number of anilines is 1. The molecule has 0 radical (unpaired) electrons. The van der Waals surface area contributed by atoms with E-state index in [1.54, 1.807) is 13.0 Å². The standard InChI is InChI=1S/C16H17FN4O4S3/c1-9(26)18-6-11-7-21(16(22)25-11)10-3-4-12(13(17)5-10)15-20-19-14(27-15)8-28(2,23)24/h3-5,11H,6-8H2,1-2H3,(H,18,26)/t11-/m0/s1. The van der Waals surface area contributed by atoms with Gasteiger partial charge in [0, 0.05) is 11.8 Å². The van der Waals surface area contributed by atoms with Crippen molar-refractivity contribution in [2.24, 2.45) is 0 Å². The number of halogens is 1. The Kier molecular flexibility index (Phi) is 5.91. The van der Waals surface area contributed by atoms with Crippen molar-refractivity contribution in [1.29, 1.82) is 0 Å². The van der Waals surface area contributed by atoms with Crippen molar-refractivity contribution in [2.45, 2.75) is 18.8 Å². The van der Waals surface area contributed by atoms with Gasteiger partial charge in [0.2, 0.25) is 0 Å². The topological polar surface area (TPSA) is 101 Å². The maximum absolute atomic E-state index is 14.6. The number of carbonyl (C=O) groups is 1. The highest BCUT2D eigenvalue weighted by molar-refractivity contribution is 7.90. The maximum Gasteiger partial charge on any atom is 0.414 e. The monoisotopic (exact) mass is 444 g/mol. The fourth-order valence-corrected chi connectivity index (χ4v) is 4.72. The van der Waals surface area contributed by atoms with Crippen molar-refractivity contribution >= 4 is 50.2 Å². The van der Waals surface area contributed by atoms with Crippen molar-refractivity contribution in [3.63, 3.8) is 0 Å². The van der Waals surface area contributed by atoms with Crippen LogP contribution in [0.15, 0.2) is 18.2 Å². The van der Waals surface area contributed by atoms with Crippen LogP contribution in [0.2, 0.25) is 0 Å². The average Bonchev–Trinajstić information content (AvgIpc) is 3.18. The number of sulfone groups is 1. The zero-order valence-electron chi connectivity index (χ0n) is 15.0. The average molecular weight is 445 g/mol. The number of nitrogens with one attached hydrogen (secondary N) is 1. The molecule has 1 aromatic heterocycles. The molecule has 150 valence electrons. The van der Waals surface area contributed by atoms with E-state index in [-0.39, 0.29) is 27.9 Å². The first-order valence-electron chi connectivity index (χ1n) is 8.15. The Morgan fingerprint density at radius 1 is 1.46 bits per heavy atom. The summed E-state index contributed by atoms with van der Waals surface area (Å²) >= 11 is 5.94. The predicted molar refractivity (Wildman–Crippen MR) is 108 cm³/mol. The minimum Gasteiger partial charge on any atom is -0.442 e. The quantitative estimate of drug-likeness (QED) is 0.677. The molecular formula is C16H17FN4O4S3. The molecule has 1 atom stereocenters. The summed E-state index contributed by atoms with van der Waals surface area (Å²) in [7, 11) is -3.25. The summed E-state index contributed by atoms with van der Waals surface area (Å²) in [5.74, 6) is -0.843. The van der Waals surface area contributed by atoms with Gasteiger partial charge in [-0.1, -0.05) is 23.6 Å². The molecule has 1 aromatic carbocycles. The van der Waals surface area contributed by atoms with Gasteiger partial charge in [-0.25, -0.2) is 17.6 Å². The highest BCUT2D eigenvalue weighted by Crippen LogP contribution is 2.31. The first kappa shape index (κ1) is 20.6. The normalized spacial score (nSPS) is 16.9. The van der Waals surface area contributed by atoms with Crippen LogP contribution in [0, 0.1) is 5.82 Å². The fourth-order valence-electron chi connectivity index (χ4n) is 2.59. The molecule has 0 unspecified atom stereocenters. The van der Waals surface area contributed by atoms with Crippen molar-refractivity contribution in [2.75, 3.05) is 24.2 Å². The molecule has 2 heterocycles. The number of ether oxygens (including phenoxy) is 1. The van der Waals surface area contributed by atoms with Gasteiger partial charge in [0.1, 0.15) is 22.7 Å². The third-order valence-corrected chi connectivity index (χ3v) is 5.88. The van der Waals surface area contributed by atoms with E-state index < -0.39 is 27.9 Å². The number of aromatic nitrogens is 2. The summed E-state index contributed by atoms with van der Waals surface area (Å²) in [6.07, 6.45) is 0.136. The van der Waals surface area contributed by atoms with Crippen LogP contribution in [0.1, 0.15) is 11.9 Å². The highest BCUT2D eigenvalue weighted by atomic mass is 32.2. The summed E-state index contributed by atoms with van der Waals surface area (Å²) in [5.41, 5.74) is 0.539. The minimum absolute atomic E-state index is 0.183. The number of thiocarbonyl (C=S) groups is 1. The van der Waals surface area contributed by atoms with Crippen LogP contribution in [0.3, 0.4) is 0 Å². The molecular weight excluding hydrogens is 427 g/mol. The second-order valence-electron chi connectivity index (χ2n) is 6.29. The van der Waals surface area contributed by atoms with Crippen molar-refractivity contribution in [3.05, 3.63) is 29.0 Å². The number of amides is 1. The van der Waals surface area contributed by atoms with Crippen molar-refractivity contribution in [3.8, 4) is 10.6 Å². The molecule has 0 aliphatic carbocycles. The van der Waals surface area contributed by atoms with Gasteiger partial charge < -0.3 is 10.1 Å². The SMILES string of the molecule is CC(=S)NC[C@H]1CN(c2ccc(-c3nnc(CS(C)(=O)=O)s3)c(F)c2)C(=O)O1. The molecule has 1 amide bonds. The van der Waals surface area contributed by atoms with E-state index in [0.29, 0.717) is 17.2 Å². The lowest BCUT2D eigenvalue weighted by molar-refractivity contribution is 0.143. The molecule has 28 heavy (non-hydrogen) atoms. The van der Waals surface area contributed by atoms with Gasteiger partial charge in [0.05, 0.1) is 23.8 Å². The Bertz CT molecular complexity index is 1020. The Balaban J connectivity index is 1.76. The Morgan fingerprint density at radius 2 is 2.21 bits per heavy atom. The van der Waals surface area contributed by atoms with Gasteiger partial charge in [-0.05, 0) is 25.1 Å². The lowest BCUT2D eigenvalue weighted by Crippen LogP contribution is -2.32. The molecule has 12 heteroatoms. The molecule has 1 aliphatic heterocycles. The van der Waals surface area contributed by atoms with Gasteiger partial charge in [0.25, 0.3) is 0 Å². The zero-order valence-corrected chi connectivity index (χ0v) is 17.5. The smallest absolute Gasteiger partial charge is 0.414 e. The van der Waals surface area contributed by atoms with Gasteiger partial charge in [-0.2, -0.15) is 0 Å². The Labute approximate surface area is 170 Å². The van der Waals surface area contributed by atoms with Crippen LogP contribution in [-0.2, 0) is 20.3 Å². The first-order chi connectivity index (χ1) is 13.1. The van der Waals surface area contributed by atoms with Crippen molar-refractivity contribution < 1.29 is 22.3 Å². The Hall–Kier alpha value is -2.18. The lowest BCUT2D eigenvalue weighted by atomic mass is 10.2. The number of benzene rings is 1. The molecule has 1 saturated heterocycles. The summed E-state index contributed by atoms with van der Waals surface area (Å²) in [4.78, 5) is 14.0. The minimum atomic E-state index is -3.25. The van der Waals surface area contributed by atoms with Crippen LogP contribution >= 0.6 is 23.6 Å². The largest absolute Gasteiger partial charge is 0.442 e. The number of hydrogen-bond donors (Lipinski definition) is 1. The van der Waals surface area contributed by atoms with E-state index in [2.05, 4.69) is 15.5 Å².